The molecule has 4 heteroatoms. The molecule has 1 aliphatic rings. The van der Waals surface area contributed by atoms with E-state index < -0.39 is 0 Å². The molecule has 1 atom stereocenters. The zero-order valence-electron chi connectivity index (χ0n) is 10.1. The van der Waals surface area contributed by atoms with Gasteiger partial charge in [-0.2, -0.15) is 0 Å². The van der Waals surface area contributed by atoms with Crippen molar-refractivity contribution in [2.24, 2.45) is 5.92 Å². The third-order valence-corrected chi connectivity index (χ3v) is 2.77. The van der Waals surface area contributed by atoms with Crippen LogP contribution in [0.1, 0.15) is 12.5 Å². The summed E-state index contributed by atoms with van der Waals surface area (Å²) in [5.41, 5.74) is 1.10. The Morgan fingerprint density at radius 2 is 2.18 bits per heavy atom. The second-order valence-corrected chi connectivity index (χ2v) is 4.36. The van der Waals surface area contributed by atoms with E-state index in [0.29, 0.717) is 13.2 Å². The Morgan fingerprint density at radius 1 is 1.35 bits per heavy atom. The van der Waals surface area contributed by atoms with Crippen LogP contribution in [0.3, 0.4) is 0 Å². The summed E-state index contributed by atoms with van der Waals surface area (Å²) in [6.45, 7) is 4.97. The van der Waals surface area contributed by atoms with E-state index in [1.165, 1.54) is 0 Å². The van der Waals surface area contributed by atoms with Crippen LogP contribution < -0.4 is 14.8 Å². The number of hydrogen-bond acceptors (Lipinski definition) is 4. The van der Waals surface area contributed by atoms with Gasteiger partial charge in [0.1, 0.15) is 13.2 Å². The Labute approximate surface area is 102 Å². The third-order valence-electron chi connectivity index (χ3n) is 2.77. The standard InChI is InChI=1S/C13H19NO3/c1-10(9-15)7-14-8-11-3-2-4-12-13(11)17-6-5-16-12/h2-4,10,14-15H,5-9H2,1H3/t10-/m1/s1. The quantitative estimate of drug-likeness (QED) is 0.807. The van der Waals surface area contributed by atoms with E-state index in [2.05, 4.69) is 5.32 Å². The predicted molar refractivity (Wildman–Crippen MR) is 65.4 cm³/mol. The molecule has 0 saturated carbocycles. The van der Waals surface area contributed by atoms with Crippen molar-refractivity contribution in [2.75, 3.05) is 26.4 Å². The molecule has 0 unspecified atom stereocenters. The minimum Gasteiger partial charge on any atom is -0.486 e. The molecular formula is C13H19NO3. The number of fused-ring (bicyclic) bond motifs is 1. The highest BCUT2D eigenvalue weighted by atomic mass is 16.6. The Morgan fingerprint density at radius 3 is 3.00 bits per heavy atom. The lowest BCUT2D eigenvalue weighted by molar-refractivity contribution is 0.169. The van der Waals surface area contributed by atoms with Crippen LogP contribution in [0.15, 0.2) is 18.2 Å². The van der Waals surface area contributed by atoms with Crippen molar-refractivity contribution in [3.63, 3.8) is 0 Å². The minimum atomic E-state index is 0.208. The molecule has 1 heterocycles. The van der Waals surface area contributed by atoms with Crippen LogP contribution in [-0.4, -0.2) is 31.5 Å². The molecule has 2 N–H and O–H groups in total. The summed E-state index contributed by atoms with van der Waals surface area (Å²) >= 11 is 0. The lowest BCUT2D eigenvalue weighted by atomic mass is 10.1. The first-order valence-corrected chi connectivity index (χ1v) is 6.00. The molecule has 1 aromatic carbocycles. The molecule has 0 bridgehead atoms. The number of rotatable bonds is 5. The Bertz CT molecular complexity index is 368. The highest BCUT2D eigenvalue weighted by Crippen LogP contribution is 2.33. The fourth-order valence-electron chi connectivity index (χ4n) is 1.79. The van der Waals surface area contributed by atoms with E-state index in [4.69, 9.17) is 14.6 Å². The molecule has 0 saturated heterocycles. The molecule has 0 radical (unpaired) electrons. The van der Waals surface area contributed by atoms with Gasteiger partial charge in [0.05, 0.1) is 0 Å². The fraction of sp³-hybridized carbons (Fsp3) is 0.538. The van der Waals surface area contributed by atoms with Gasteiger partial charge in [-0.1, -0.05) is 19.1 Å². The molecule has 17 heavy (non-hydrogen) atoms. The Hall–Kier alpha value is -1.26. The molecule has 94 valence electrons. The van der Waals surface area contributed by atoms with E-state index in [1.54, 1.807) is 0 Å². The van der Waals surface area contributed by atoms with E-state index in [1.807, 2.05) is 25.1 Å². The van der Waals surface area contributed by atoms with Gasteiger partial charge < -0.3 is 19.9 Å². The van der Waals surface area contributed by atoms with E-state index in [9.17, 15) is 0 Å². The summed E-state index contributed by atoms with van der Waals surface area (Å²) in [6, 6.07) is 5.93. The predicted octanol–water partition coefficient (Wildman–Crippen LogP) is 1.18. The van der Waals surface area contributed by atoms with Gasteiger partial charge in [0, 0.05) is 25.3 Å². The number of aliphatic hydroxyl groups is 1. The molecule has 0 amide bonds. The summed E-state index contributed by atoms with van der Waals surface area (Å²) in [6.07, 6.45) is 0. The minimum absolute atomic E-state index is 0.208. The molecule has 0 aliphatic carbocycles. The molecule has 0 spiro atoms. The Kier molecular flexibility index (Phi) is 4.23. The molecular weight excluding hydrogens is 218 g/mol. The first-order chi connectivity index (χ1) is 8.31. The van der Waals surface area contributed by atoms with Gasteiger partial charge >= 0.3 is 0 Å². The van der Waals surface area contributed by atoms with Crippen LogP contribution in [0.2, 0.25) is 0 Å². The van der Waals surface area contributed by atoms with Gasteiger partial charge in [0.15, 0.2) is 11.5 Å². The van der Waals surface area contributed by atoms with Gasteiger partial charge in [-0.15, -0.1) is 0 Å². The van der Waals surface area contributed by atoms with Gasteiger partial charge in [-0.25, -0.2) is 0 Å². The average molecular weight is 237 g/mol. The van der Waals surface area contributed by atoms with E-state index in [0.717, 1.165) is 30.2 Å². The Balaban J connectivity index is 1.96. The van der Waals surface area contributed by atoms with Crippen molar-refractivity contribution in [3.8, 4) is 11.5 Å². The number of para-hydroxylation sites is 1. The van der Waals surface area contributed by atoms with Crippen molar-refractivity contribution in [1.82, 2.24) is 5.32 Å². The lowest BCUT2D eigenvalue weighted by Crippen LogP contribution is -2.24. The summed E-state index contributed by atoms with van der Waals surface area (Å²) in [7, 11) is 0. The molecule has 1 aromatic rings. The van der Waals surface area contributed by atoms with Crippen molar-refractivity contribution < 1.29 is 14.6 Å². The van der Waals surface area contributed by atoms with Crippen LogP contribution in [-0.2, 0) is 6.54 Å². The maximum Gasteiger partial charge on any atom is 0.165 e. The van der Waals surface area contributed by atoms with Gasteiger partial charge in [-0.05, 0) is 12.0 Å². The van der Waals surface area contributed by atoms with Crippen molar-refractivity contribution >= 4 is 0 Å². The van der Waals surface area contributed by atoms with Crippen LogP contribution in [0, 0.1) is 5.92 Å². The van der Waals surface area contributed by atoms with Crippen LogP contribution in [0.25, 0.3) is 0 Å². The largest absolute Gasteiger partial charge is 0.486 e. The second kappa shape index (κ2) is 5.89. The van der Waals surface area contributed by atoms with Gasteiger partial charge in [-0.3, -0.25) is 0 Å². The van der Waals surface area contributed by atoms with Crippen LogP contribution in [0.4, 0.5) is 0 Å². The molecule has 2 rings (SSSR count). The topological polar surface area (TPSA) is 50.7 Å². The number of ether oxygens (including phenoxy) is 2. The summed E-state index contributed by atoms with van der Waals surface area (Å²) in [4.78, 5) is 0. The highest BCUT2D eigenvalue weighted by Gasteiger charge is 2.15. The van der Waals surface area contributed by atoms with E-state index >= 15 is 0 Å². The average Bonchev–Trinajstić information content (AvgIpc) is 2.39. The van der Waals surface area contributed by atoms with Crippen molar-refractivity contribution in [3.05, 3.63) is 23.8 Å². The molecule has 0 aromatic heterocycles. The SMILES string of the molecule is C[C@@H](CO)CNCc1cccc2c1OCCO2. The smallest absolute Gasteiger partial charge is 0.165 e. The first kappa shape index (κ1) is 12.2. The number of hydrogen-bond donors (Lipinski definition) is 2. The number of nitrogens with one attached hydrogen (secondary N) is 1. The molecule has 0 fully saturated rings. The van der Waals surface area contributed by atoms with Crippen LogP contribution >= 0.6 is 0 Å². The maximum absolute atomic E-state index is 8.94. The summed E-state index contributed by atoms with van der Waals surface area (Å²) in [5.74, 6) is 1.94. The van der Waals surface area contributed by atoms with E-state index in [-0.39, 0.29) is 12.5 Å². The molecule has 4 nitrogen and oxygen atoms in total. The normalized spacial score (nSPS) is 15.6. The fourth-order valence-corrected chi connectivity index (χ4v) is 1.79. The number of benzene rings is 1. The molecule has 1 aliphatic heterocycles. The summed E-state index contributed by atoms with van der Waals surface area (Å²) in [5, 5.41) is 12.2. The second-order valence-electron chi connectivity index (χ2n) is 4.36. The number of aliphatic hydroxyl groups excluding tert-OH is 1. The third kappa shape index (κ3) is 3.11. The van der Waals surface area contributed by atoms with Gasteiger partial charge in [0.25, 0.3) is 0 Å². The summed E-state index contributed by atoms with van der Waals surface area (Å²) < 4.78 is 11.1. The van der Waals surface area contributed by atoms with Crippen molar-refractivity contribution in [2.45, 2.75) is 13.5 Å². The van der Waals surface area contributed by atoms with Crippen LogP contribution in [0.5, 0.6) is 11.5 Å². The van der Waals surface area contributed by atoms with Gasteiger partial charge in [0.2, 0.25) is 0 Å². The zero-order chi connectivity index (χ0) is 12.1. The maximum atomic E-state index is 8.94. The van der Waals surface area contributed by atoms with Crippen molar-refractivity contribution in [1.29, 1.82) is 0 Å². The highest BCUT2D eigenvalue weighted by molar-refractivity contribution is 5.47. The monoisotopic (exact) mass is 237 g/mol. The first-order valence-electron chi connectivity index (χ1n) is 6.00. The zero-order valence-corrected chi connectivity index (χ0v) is 10.1. The lowest BCUT2D eigenvalue weighted by Gasteiger charge is -2.21.